The van der Waals surface area contributed by atoms with E-state index in [4.69, 9.17) is 11.6 Å². The molecule has 1 amide bonds. The largest absolute Gasteiger partial charge is 0.772 e. The molecule has 1 N–H and O–H groups in total. The van der Waals surface area contributed by atoms with Gasteiger partial charge in [0.15, 0.2) is 5.78 Å². The fraction of sp³-hybridized carbons (Fsp3) is 0.263. The quantitative estimate of drug-likeness (QED) is 0.124. The number of carbonyl (C=O) groups is 2. The van der Waals surface area contributed by atoms with E-state index in [0.717, 1.165) is 33.4 Å². The van der Waals surface area contributed by atoms with Crippen LogP contribution in [0, 0.1) is 12.3 Å². The second-order valence-electron chi connectivity index (χ2n) is 12.4. The van der Waals surface area contributed by atoms with Crippen molar-refractivity contribution >= 4 is 46.1 Å². The van der Waals surface area contributed by atoms with Crippen LogP contribution in [0.1, 0.15) is 72.1 Å². The van der Waals surface area contributed by atoms with Crippen molar-refractivity contribution < 1.29 is 18.4 Å². The zero-order valence-corrected chi connectivity index (χ0v) is 27.7. The van der Waals surface area contributed by atoms with Gasteiger partial charge in [0, 0.05) is 28.4 Å². The van der Waals surface area contributed by atoms with Crippen LogP contribution in [0.15, 0.2) is 97.1 Å². The third-order valence-corrected chi connectivity index (χ3v) is 8.37. The molecule has 0 radical (unpaired) electrons. The molecule has 0 saturated carbocycles. The molecule has 0 aromatic heterocycles. The fourth-order valence-electron chi connectivity index (χ4n) is 5.02. The average Bonchev–Trinajstić information content (AvgIpc) is 2.99. The molecule has 4 rings (SSSR count). The first-order valence-electron chi connectivity index (χ1n) is 15.0. The Kier molecular flexibility index (Phi) is 11.7. The molecule has 0 bridgehead atoms. The van der Waals surface area contributed by atoms with E-state index in [2.05, 4.69) is 38.2 Å². The Morgan fingerprint density at radius 3 is 2.20 bits per heavy atom. The van der Waals surface area contributed by atoms with Crippen LogP contribution >= 0.6 is 11.6 Å². The molecule has 2 atom stereocenters. The van der Waals surface area contributed by atoms with E-state index >= 15 is 0 Å². The highest BCUT2D eigenvalue weighted by Crippen LogP contribution is 2.29. The summed E-state index contributed by atoms with van der Waals surface area (Å²) >= 11 is 3.98. The molecule has 45 heavy (non-hydrogen) atoms. The number of carbonyl (C=O) groups excluding carboxylic acids is 2. The van der Waals surface area contributed by atoms with E-state index in [9.17, 15) is 18.4 Å². The predicted molar refractivity (Wildman–Crippen MR) is 185 cm³/mol. The maximum atomic E-state index is 13.8. The van der Waals surface area contributed by atoms with E-state index in [1.54, 1.807) is 12.1 Å². The Hall–Kier alpha value is -3.84. The average molecular weight is 641 g/mol. The highest BCUT2D eigenvalue weighted by atomic mass is 35.5. The molecule has 0 aliphatic heterocycles. The van der Waals surface area contributed by atoms with E-state index < -0.39 is 17.0 Å². The number of halogens is 1. The minimum Gasteiger partial charge on any atom is -0.772 e. The van der Waals surface area contributed by atoms with E-state index in [0.29, 0.717) is 29.1 Å². The lowest BCUT2D eigenvalue weighted by Gasteiger charge is -2.19. The molecular weight excluding hydrogens is 602 g/mol. The first-order valence-corrected chi connectivity index (χ1v) is 16.6. The standard InChI is InChI=1S/C38H40ClNO4S/c1-26-24-32(39)17-20-34(26)29-15-18-33(19-16-29)40-37(42)35(30-11-7-27(8-12-30)21-22-38(2,3)4)25-28-9-13-31(14-10-28)36(41)6-5-23-45(43)44/h7-22,24,35H,5-6,23,25H2,1-4H3,(H,40,42)(H,43,44)/p-1/b22-21+/t35-/m1/s1. The van der Waals surface area contributed by atoms with Gasteiger partial charge in [0.2, 0.25) is 5.91 Å². The van der Waals surface area contributed by atoms with Crippen LogP contribution in [0.5, 0.6) is 0 Å². The summed E-state index contributed by atoms with van der Waals surface area (Å²) in [4.78, 5) is 26.3. The van der Waals surface area contributed by atoms with Gasteiger partial charge in [0.05, 0.1) is 5.92 Å². The third kappa shape index (κ3) is 10.4. The van der Waals surface area contributed by atoms with Gasteiger partial charge in [0.25, 0.3) is 0 Å². The van der Waals surface area contributed by atoms with E-state index in [1.807, 2.05) is 85.8 Å². The Bertz CT molecular complexity index is 1670. The summed E-state index contributed by atoms with van der Waals surface area (Å²) in [5.74, 6) is -0.737. The molecule has 1 unspecified atom stereocenters. The number of aryl methyl sites for hydroxylation is 1. The maximum absolute atomic E-state index is 13.8. The van der Waals surface area contributed by atoms with E-state index in [-0.39, 0.29) is 29.3 Å². The normalized spacial score (nSPS) is 13.0. The van der Waals surface area contributed by atoms with Crippen LogP contribution in [0.3, 0.4) is 0 Å². The number of hydrogen-bond acceptors (Lipinski definition) is 4. The van der Waals surface area contributed by atoms with Crippen LogP contribution in [-0.4, -0.2) is 26.2 Å². The minimum absolute atomic E-state index is 0.0328. The molecular formula is C38H39ClNO4S-. The van der Waals surface area contributed by atoms with Crippen molar-refractivity contribution in [3.05, 3.63) is 130 Å². The van der Waals surface area contributed by atoms with Crippen LogP contribution in [0.25, 0.3) is 17.2 Å². The van der Waals surface area contributed by atoms with Crippen LogP contribution in [0.4, 0.5) is 5.69 Å². The molecule has 0 spiro atoms. The molecule has 7 heteroatoms. The number of nitrogens with one attached hydrogen (secondary N) is 1. The summed E-state index contributed by atoms with van der Waals surface area (Å²) in [5.41, 5.74) is 7.35. The molecule has 234 valence electrons. The molecule has 5 nitrogen and oxygen atoms in total. The van der Waals surface area contributed by atoms with Crippen molar-refractivity contribution in [2.24, 2.45) is 5.41 Å². The molecule has 4 aromatic rings. The Balaban J connectivity index is 1.54. The van der Waals surface area contributed by atoms with Crippen LogP contribution in [0.2, 0.25) is 5.02 Å². The zero-order valence-electron chi connectivity index (χ0n) is 26.1. The minimum atomic E-state index is -2.15. The smallest absolute Gasteiger partial charge is 0.232 e. The Morgan fingerprint density at radius 2 is 1.60 bits per heavy atom. The number of Topliss-reactive ketones (excluding diaryl/α,β-unsaturated/α-hetero) is 1. The van der Waals surface area contributed by atoms with Crippen LogP contribution in [-0.2, 0) is 22.3 Å². The summed E-state index contributed by atoms with van der Waals surface area (Å²) in [7, 11) is 0. The monoisotopic (exact) mass is 640 g/mol. The molecule has 0 aliphatic carbocycles. The van der Waals surface area contributed by atoms with Gasteiger partial charge < -0.3 is 9.87 Å². The summed E-state index contributed by atoms with van der Waals surface area (Å²) < 4.78 is 21.6. The van der Waals surface area contributed by atoms with Gasteiger partial charge in [-0.3, -0.25) is 13.8 Å². The van der Waals surface area contributed by atoms with Crippen molar-refractivity contribution in [2.45, 2.75) is 52.9 Å². The number of ketones is 1. The second kappa shape index (κ2) is 15.4. The van der Waals surface area contributed by atoms with E-state index in [1.165, 1.54) is 0 Å². The Morgan fingerprint density at radius 1 is 0.933 bits per heavy atom. The number of allylic oxidation sites excluding steroid dienone is 1. The topological polar surface area (TPSA) is 86.3 Å². The number of hydrogen-bond donors (Lipinski definition) is 1. The molecule has 0 aliphatic rings. The lowest BCUT2D eigenvalue weighted by atomic mass is 9.89. The number of rotatable bonds is 12. The van der Waals surface area contributed by atoms with Gasteiger partial charge >= 0.3 is 0 Å². The van der Waals surface area contributed by atoms with Crippen molar-refractivity contribution in [1.82, 2.24) is 0 Å². The first kappa shape index (κ1) is 34.0. The fourth-order valence-corrected chi connectivity index (χ4v) is 5.63. The third-order valence-electron chi connectivity index (χ3n) is 7.51. The molecule has 4 aromatic carbocycles. The number of benzene rings is 4. The highest BCUT2D eigenvalue weighted by molar-refractivity contribution is 7.79. The van der Waals surface area contributed by atoms with Gasteiger partial charge in [-0.05, 0) is 82.8 Å². The number of amides is 1. The lowest BCUT2D eigenvalue weighted by molar-refractivity contribution is -0.117. The lowest BCUT2D eigenvalue weighted by Crippen LogP contribution is -2.23. The second-order valence-corrected chi connectivity index (χ2v) is 13.8. The summed E-state index contributed by atoms with van der Waals surface area (Å²) in [6, 6.07) is 28.9. The number of anilines is 1. The zero-order chi connectivity index (χ0) is 32.6. The van der Waals surface area contributed by atoms with Crippen molar-refractivity contribution in [1.29, 1.82) is 0 Å². The van der Waals surface area contributed by atoms with Crippen molar-refractivity contribution in [2.75, 3.05) is 11.1 Å². The Labute approximate surface area is 274 Å². The van der Waals surface area contributed by atoms with Gasteiger partial charge in [-0.2, -0.15) is 0 Å². The van der Waals surface area contributed by atoms with Gasteiger partial charge in [-0.15, -0.1) is 0 Å². The van der Waals surface area contributed by atoms with Crippen molar-refractivity contribution in [3.63, 3.8) is 0 Å². The summed E-state index contributed by atoms with van der Waals surface area (Å²) in [6.07, 6.45) is 5.15. The summed E-state index contributed by atoms with van der Waals surface area (Å²) in [6.45, 7) is 8.46. The molecule has 0 saturated heterocycles. The SMILES string of the molecule is Cc1cc(Cl)ccc1-c1ccc(NC(=O)[C@H](Cc2ccc(C(=O)CCCS(=O)[O-])cc2)c2ccc(/C=C/C(C)(C)C)cc2)cc1. The van der Waals surface area contributed by atoms with Gasteiger partial charge in [0.1, 0.15) is 0 Å². The molecule has 0 heterocycles. The molecule has 0 fully saturated rings. The first-order chi connectivity index (χ1) is 21.4. The van der Waals surface area contributed by atoms with Crippen LogP contribution < -0.4 is 5.32 Å². The highest BCUT2D eigenvalue weighted by Gasteiger charge is 2.22. The maximum Gasteiger partial charge on any atom is 0.232 e. The van der Waals surface area contributed by atoms with Gasteiger partial charge in [-0.25, -0.2) is 0 Å². The predicted octanol–water partition coefficient (Wildman–Crippen LogP) is 9.18. The van der Waals surface area contributed by atoms with Crippen molar-refractivity contribution in [3.8, 4) is 11.1 Å². The van der Waals surface area contributed by atoms with Gasteiger partial charge in [-0.1, -0.05) is 122 Å². The summed E-state index contributed by atoms with van der Waals surface area (Å²) in [5, 5.41) is 3.80.